The fourth-order valence-electron chi connectivity index (χ4n) is 0.852. The maximum Gasteiger partial charge on any atom is 0.329 e. The molecule has 0 amide bonds. The molecular formula is C7H11N3O3. The number of carbonyl (C=O) groups is 1. The first kappa shape index (κ1) is 9.53. The lowest BCUT2D eigenvalue weighted by Crippen LogP contribution is -2.12. The number of aliphatic carboxylic acids is 1. The van der Waals surface area contributed by atoms with Crippen LogP contribution < -0.4 is 5.73 Å². The summed E-state index contributed by atoms with van der Waals surface area (Å²) >= 11 is 0. The lowest BCUT2D eigenvalue weighted by molar-refractivity contribution is -0.142. The van der Waals surface area contributed by atoms with Crippen molar-refractivity contribution in [2.45, 2.75) is 6.54 Å². The van der Waals surface area contributed by atoms with E-state index in [4.69, 9.17) is 15.6 Å². The Hall–Kier alpha value is -1.56. The van der Waals surface area contributed by atoms with Gasteiger partial charge in [0.25, 0.3) is 0 Å². The fraction of sp³-hybridized carbons (Fsp3) is 0.429. The molecule has 0 saturated carbocycles. The number of rotatable bonds is 5. The first-order valence-corrected chi connectivity index (χ1v) is 3.76. The van der Waals surface area contributed by atoms with Gasteiger partial charge in [-0.15, -0.1) is 0 Å². The Kier molecular flexibility index (Phi) is 3.27. The molecule has 0 fully saturated rings. The third kappa shape index (κ3) is 3.12. The van der Waals surface area contributed by atoms with Crippen molar-refractivity contribution >= 4 is 11.9 Å². The Morgan fingerprint density at radius 2 is 2.54 bits per heavy atom. The number of nitrogens with two attached hydrogens (primary N) is 1. The average molecular weight is 185 g/mol. The summed E-state index contributed by atoms with van der Waals surface area (Å²) in [6.07, 6.45) is 3.28. The molecule has 0 aromatic carbocycles. The minimum atomic E-state index is -0.974. The number of aromatic nitrogens is 2. The average Bonchev–Trinajstić information content (AvgIpc) is 2.45. The standard InChI is InChI=1S/C7H11N3O3/c8-7-9-1-2-10(7)3-4-13-5-6(11)12/h1-2H,3-5H2,(H2,8,9)(H,11,12). The molecule has 0 spiro atoms. The number of carboxylic acid groups (broad SMARTS) is 1. The molecule has 0 atom stereocenters. The highest BCUT2D eigenvalue weighted by Crippen LogP contribution is 1.97. The highest BCUT2D eigenvalue weighted by molar-refractivity contribution is 5.67. The summed E-state index contributed by atoms with van der Waals surface area (Å²) in [7, 11) is 0. The molecule has 6 nitrogen and oxygen atoms in total. The summed E-state index contributed by atoms with van der Waals surface area (Å²) in [6, 6.07) is 0. The molecule has 72 valence electrons. The number of carboxylic acids is 1. The van der Waals surface area contributed by atoms with Gasteiger partial charge >= 0.3 is 5.97 Å². The highest BCUT2D eigenvalue weighted by Gasteiger charge is 1.98. The van der Waals surface area contributed by atoms with Crippen LogP contribution in [0.3, 0.4) is 0 Å². The molecule has 0 aliphatic heterocycles. The van der Waals surface area contributed by atoms with Crippen molar-refractivity contribution in [1.82, 2.24) is 9.55 Å². The van der Waals surface area contributed by atoms with Gasteiger partial charge in [0.05, 0.1) is 6.61 Å². The predicted molar refractivity (Wildman–Crippen MR) is 45.1 cm³/mol. The highest BCUT2D eigenvalue weighted by atomic mass is 16.5. The normalized spacial score (nSPS) is 10.2. The van der Waals surface area contributed by atoms with Crippen molar-refractivity contribution in [1.29, 1.82) is 0 Å². The van der Waals surface area contributed by atoms with Crippen LogP contribution in [-0.2, 0) is 16.1 Å². The van der Waals surface area contributed by atoms with Crippen LogP contribution >= 0.6 is 0 Å². The number of imidazole rings is 1. The molecule has 0 aliphatic rings. The van der Waals surface area contributed by atoms with E-state index < -0.39 is 5.97 Å². The largest absolute Gasteiger partial charge is 0.480 e. The molecule has 1 heterocycles. The van der Waals surface area contributed by atoms with Crippen molar-refractivity contribution in [2.24, 2.45) is 0 Å². The van der Waals surface area contributed by atoms with Crippen LogP contribution in [0.1, 0.15) is 0 Å². The van der Waals surface area contributed by atoms with Gasteiger partial charge in [-0.2, -0.15) is 0 Å². The Morgan fingerprint density at radius 3 is 3.08 bits per heavy atom. The zero-order chi connectivity index (χ0) is 9.68. The predicted octanol–water partition coefficient (Wildman–Crippen LogP) is -0.434. The van der Waals surface area contributed by atoms with E-state index in [9.17, 15) is 4.79 Å². The Morgan fingerprint density at radius 1 is 1.77 bits per heavy atom. The Bertz CT molecular complexity index is 284. The summed E-state index contributed by atoms with van der Waals surface area (Å²) in [4.78, 5) is 13.9. The van der Waals surface area contributed by atoms with Crippen LogP contribution in [0.2, 0.25) is 0 Å². The minimum absolute atomic E-state index is 0.283. The van der Waals surface area contributed by atoms with Gasteiger partial charge in [-0.3, -0.25) is 0 Å². The van der Waals surface area contributed by atoms with Crippen LogP contribution in [0, 0.1) is 0 Å². The Labute approximate surface area is 74.9 Å². The van der Waals surface area contributed by atoms with Crippen LogP contribution in [0.25, 0.3) is 0 Å². The van der Waals surface area contributed by atoms with Crippen LogP contribution in [0.5, 0.6) is 0 Å². The zero-order valence-electron chi connectivity index (χ0n) is 7.01. The number of hydrogen-bond donors (Lipinski definition) is 2. The summed E-state index contributed by atoms with van der Waals surface area (Å²) in [5.41, 5.74) is 5.46. The van der Waals surface area contributed by atoms with E-state index in [-0.39, 0.29) is 6.61 Å². The third-order valence-corrected chi connectivity index (χ3v) is 1.45. The first-order chi connectivity index (χ1) is 6.20. The van der Waals surface area contributed by atoms with E-state index >= 15 is 0 Å². The number of nitrogen functional groups attached to an aromatic ring is 1. The van der Waals surface area contributed by atoms with Crippen LogP contribution in [0.4, 0.5) is 5.95 Å². The fourth-order valence-corrected chi connectivity index (χ4v) is 0.852. The minimum Gasteiger partial charge on any atom is -0.480 e. The summed E-state index contributed by atoms with van der Waals surface area (Å²) in [6.45, 7) is 0.542. The molecule has 0 aliphatic carbocycles. The number of hydrogen-bond acceptors (Lipinski definition) is 4. The number of anilines is 1. The van der Waals surface area contributed by atoms with Crippen molar-refractivity contribution < 1.29 is 14.6 Å². The van der Waals surface area contributed by atoms with Crippen molar-refractivity contribution in [2.75, 3.05) is 18.9 Å². The van der Waals surface area contributed by atoms with E-state index in [1.165, 1.54) is 0 Å². The molecular weight excluding hydrogens is 174 g/mol. The molecule has 1 aromatic rings. The van der Waals surface area contributed by atoms with Crippen molar-refractivity contribution in [3.8, 4) is 0 Å². The molecule has 0 unspecified atom stereocenters. The molecule has 0 bridgehead atoms. The third-order valence-electron chi connectivity index (χ3n) is 1.45. The summed E-state index contributed by atoms with van der Waals surface area (Å²) in [5, 5.41) is 8.26. The van der Waals surface area contributed by atoms with E-state index in [0.29, 0.717) is 19.1 Å². The summed E-state index contributed by atoms with van der Waals surface area (Å²) < 4.78 is 6.50. The van der Waals surface area contributed by atoms with E-state index in [1.807, 2.05) is 0 Å². The molecule has 0 radical (unpaired) electrons. The first-order valence-electron chi connectivity index (χ1n) is 3.76. The topological polar surface area (TPSA) is 90.4 Å². The van der Waals surface area contributed by atoms with Gasteiger partial charge in [-0.05, 0) is 0 Å². The molecule has 1 rings (SSSR count). The SMILES string of the molecule is Nc1nccn1CCOCC(=O)O. The number of nitrogens with zero attached hydrogens (tertiary/aromatic N) is 2. The van der Waals surface area contributed by atoms with Gasteiger partial charge in [-0.25, -0.2) is 9.78 Å². The quantitative estimate of drug-likeness (QED) is 0.607. The molecule has 3 N–H and O–H groups in total. The van der Waals surface area contributed by atoms with E-state index in [0.717, 1.165) is 0 Å². The molecule has 13 heavy (non-hydrogen) atoms. The lowest BCUT2D eigenvalue weighted by Gasteiger charge is -2.03. The zero-order valence-corrected chi connectivity index (χ0v) is 7.01. The molecule has 0 saturated heterocycles. The van der Waals surface area contributed by atoms with Crippen LogP contribution in [-0.4, -0.2) is 33.8 Å². The van der Waals surface area contributed by atoms with Gasteiger partial charge in [-0.1, -0.05) is 0 Å². The Balaban J connectivity index is 2.20. The second-order valence-electron chi connectivity index (χ2n) is 2.43. The smallest absolute Gasteiger partial charge is 0.329 e. The lowest BCUT2D eigenvalue weighted by atomic mass is 10.6. The van der Waals surface area contributed by atoms with E-state index in [1.54, 1.807) is 17.0 Å². The maximum absolute atomic E-state index is 10.1. The van der Waals surface area contributed by atoms with E-state index in [2.05, 4.69) is 4.98 Å². The molecule has 1 aromatic heterocycles. The second kappa shape index (κ2) is 4.46. The van der Waals surface area contributed by atoms with Crippen molar-refractivity contribution in [3.63, 3.8) is 0 Å². The second-order valence-corrected chi connectivity index (χ2v) is 2.43. The van der Waals surface area contributed by atoms with Gasteiger partial charge in [0.1, 0.15) is 6.61 Å². The maximum atomic E-state index is 10.1. The van der Waals surface area contributed by atoms with Gasteiger partial charge in [0.15, 0.2) is 5.95 Å². The van der Waals surface area contributed by atoms with Crippen molar-refractivity contribution in [3.05, 3.63) is 12.4 Å². The van der Waals surface area contributed by atoms with Gasteiger partial charge < -0.3 is 20.1 Å². The number of ether oxygens (including phenoxy) is 1. The monoisotopic (exact) mass is 185 g/mol. The van der Waals surface area contributed by atoms with Gasteiger partial charge in [0.2, 0.25) is 0 Å². The summed E-state index contributed by atoms with van der Waals surface area (Å²) in [5.74, 6) is -0.572. The van der Waals surface area contributed by atoms with Crippen LogP contribution in [0.15, 0.2) is 12.4 Å². The van der Waals surface area contributed by atoms with Gasteiger partial charge in [0, 0.05) is 18.9 Å². The molecule has 6 heteroatoms.